The van der Waals surface area contributed by atoms with Crippen LogP contribution in [0.25, 0.3) is 0 Å². The molecule has 1 aromatic carbocycles. The summed E-state index contributed by atoms with van der Waals surface area (Å²) in [6, 6.07) is 6.55. The van der Waals surface area contributed by atoms with Crippen LogP contribution in [0, 0.1) is 11.8 Å². The first kappa shape index (κ1) is 16.1. The van der Waals surface area contributed by atoms with Crippen molar-refractivity contribution >= 4 is 23.2 Å². The van der Waals surface area contributed by atoms with Gasteiger partial charge in [-0.2, -0.15) is 0 Å². The summed E-state index contributed by atoms with van der Waals surface area (Å²) in [5.74, 6) is 1.50. The van der Waals surface area contributed by atoms with Crippen molar-refractivity contribution in [2.45, 2.75) is 58.5 Å². The summed E-state index contributed by atoms with van der Waals surface area (Å²) < 4.78 is 0. The quantitative estimate of drug-likeness (QED) is 0.734. The van der Waals surface area contributed by atoms with E-state index in [0.29, 0.717) is 6.04 Å². The Kier molecular flexibility index (Phi) is 5.77. The Balaban J connectivity index is 2.09. The van der Waals surface area contributed by atoms with Crippen molar-refractivity contribution < 1.29 is 0 Å². The van der Waals surface area contributed by atoms with Crippen molar-refractivity contribution in [1.82, 2.24) is 5.32 Å². The summed E-state index contributed by atoms with van der Waals surface area (Å²) in [5.41, 5.74) is 1.10. The average Bonchev–Trinajstić information content (AvgIpc) is 2.41. The Morgan fingerprint density at radius 2 is 1.80 bits per heavy atom. The molecule has 3 heteroatoms. The van der Waals surface area contributed by atoms with Crippen molar-refractivity contribution in [2.24, 2.45) is 11.8 Å². The summed E-state index contributed by atoms with van der Waals surface area (Å²) >= 11 is 12.4. The fourth-order valence-corrected chi connectivity index (χ4v) is 3.88. The van der Waals surface area contributed by atoms with Crippen LogP contribution in [-0.4, -0.2) is 6.04 Å². The van der Waals surface area contributed by atoms with Crippen LogP contribution in [0.3, 0.4) is 0 Å². The second-order valence-corrected chi connectivity index (χ2v) is 7.20. The molecule has 0 bridgehead atoms. The minimum Gasteiger partial charge on any atom is -0.307 e. The molecule has 0 saturated heterocycles. The average molecular weight is 314 g/mol. The summed E-state index contributed by atoms with van der Waals surface area (Å²) in [6.45, 7) is 6.85. The molecule has 20 heavy (non-hydrogen) atoms. The van der Waals surface area contributed by atoms with E-state index >= 15 is 0 Å². The summed E-state index contributed by atoms with van der Waals surface area (Å²) in [4.78, 5) is 0. The molecule has 1 nitrogen and oxygen atoms in total. The molecular weight excluding hydrogens is 289 g/mol. The lowest BCUT2D eigenvalue weighted by molar-refractivity contribution is 0.195. The Morgan fingerprint density at radius 3 is 2.50 bits per heavy atom. The highest BCUT2D eigenvalue weighted by molar-refractivity contribution is 6.33. The number of hydrogen-bond donors (Lipinski definition) is 1. The molecular formula is C17H25Cl2N. The zero-order chi connectivity index (χ0) is 14.7. The molecule has 1 aromatic rings. The molecule has 1 saturated carbocycles. The third-order valence-corrected chi connectivity index (χ3v) is 5.14. The normalized spacial score (nSPS) is 24.9. The van der Waals surface area contributed by atoms with Gasteiger partial charge in [0, 0.05) is 22.1 Å². The summed E-state index contributed by atoms with van der Waals surface area (Å²) in [5, 5.41) is 5.34. The van der Waals surface area contributed by atoms with Crippen molar-refractivity contribution in [3.05, 3.63) is 33.8 Å². The van der Waals surface area contributed by atoms with Gasteiger partial charge in [-0.25, -0.2) is 0 Å². The maximum Gasteiger partial charge on any atom is 0.0454 e. The van der Waals surface area contributed by atoms with Crippen molar-refractivity contribution in [3.8, 4) is 0 Å². The van der Waals surface area contributed by atoms with Gasteiger partial charge in [-0.1, -0.05) is 49.9 Å². The van der Waals surface area contributed by atoms with E-state index in [0.717, 1.165) is 27.4 Å². The maximum atomic E-state index is 6.31. The summed E-state index contributed by atoms with van der Waals surface area (Å²) in [6.07, 6.45) is 5.31. The molecule has 0 heterocycles. The lowest BCUT2D eigenvalue weighted by Gasteiger charge is -2.37. The van der Waals surface area contributed by atoms with E-state index in [9.17, 15) is 0 Å². The highest BCUT2D eigenvalue weighted by Gasteiger charge is 2.28. The molecule has 1 aliphatic carbocycles. The highest BCUT2D eigenvalue weighted by Crippen LogP contribution is 2.33. The monoisotopic (exact) mass is 313 g/mol. The van der Waals surface area contributed by atoms with Crippen LogP contribution in [-0.2, 0) is 0 Å². The topological polar surface area (TPSA) is 12.0 Å². The van der Waals surface area contributed by atoms with Crippen LogP contribution < -0.4 is 5.32 Å². The van der Waals surface area contributed by atoms with Gasteiger partial charge in [0.1, 0.15) is 0 Å². The molecule has 0 aromatic heterocycles. The SMILES string of the molecule is CC(NC1CCCCC1C(C)C)c1cc(Cl)ccc1Cl. The third-order valence-electron chi connectivity index (χ3n) is 4.56. The molecule has 0 radical (unpaired) electrons. The molecule has 3 atom stereocenters. The lowest BCUT2D eigenvalue weighted by atomic mass is 9.77. The fourth-order valence-electron chi connectivity index (χ4n) is 3.42. The Morgan fingerprint density at radius 1 is 1.10 bits per heavy atom. The largest absolute Gasteiger partial charge is 0.307 e. The Bertz CT molecular complexity index is 445. The van der Waals surface area contributed by atoms with Crippen LogP contribution >= 0.6 is 23.2 Å². The molecule has 2 rings (SSSR count). The van der Waals surface area contributed by atoms with E-state index in [1.165, 1.54) is 25.7 Å². The van der Waals surface area contributed by atoms with Crippen molar-refractivity contribution in [3.63, 3.8) is 0 Å². The first-order valence-corrected chi connectivity index (χ1v) is 8.45. The molecule has 0 spiro atoms. The molecule has 1 N–H and O–H groups in total. The molecule has 3 unspecified atom stereocenters. The number of benzene rings is 1. The molecule has 112 valence electrons. The summed E-state index contributed by atoms with van der Waals surface area (Å²) in [7, 11) is 0. The zero-order valence-corrected chi connectivity index (χ0v) is 14.1. The molecule has 1 fully saturated rings. The standard InChI is InChI=1S/C17H25Cl2N/c1-11(2)14-6-4-5-7-17(14)20-12(3)15-10-13(18)8-9-16(15)19/h8-12,14,17,20H,4-7H2,1-3H3. The lowest BCUT2D eigenvalue weighted by Crippen LogP contribution is -2.42. The Labute approximate surface area is 133 Å². The van der Waals surface area contributed by atoms with Crippen molar-refractivity contribution in [2.75, 3.05) is 0 Å². The van der Waals surface area contributed by atoms with Gasteiger partial charge in [0.15, 0.2) is 0 Å². The second-order valence-electron chi connectivity index (χ2n) is 6.35. The van der Waals surface area contributed by atoms with E-state index in [4.69, 9.17) is 23.2 Å². The highest BCUT2D eigenvalue weighted by atomic mass is 35.5. The third kappa shape index (κ3) is 3.90. The zero-order valence-electron chi connectivity index (χ0n) is 12.6. The maximum absolute atomic E-state index is 6.31. The van der Waals surface area contributed by atoms with E-state index in [1.54, 1.807) is 0 Å². The minimum atomic E-state index is 0.241. The van der Waals surface area contributed by atoms with Crippen LogP contribution in [0.4, 0.5) is 0 Å². The molecule has 1 aliphatic rings. The van der Waals surface area contributed by atoms with Crippen LogP contribution in [0.2, 0.25) is 10.0 Å². The van der Waals surface area contributed by atoms with E-state index in [2.05, 4.69) is 26.1 Å². The smallest absolute Gasteiger partial charge is 0.0454 e. The van der Waals surface area contributed by atoms with Gasteiger partial charge in [-0.15, -0.1) is 0 Å². The van der Waals surface area contributed by atoms with Crippen molar-refractivity contribution in [1.29, 1.82) is 0 Å². The fraction of sp³-hybridized carbons (Fsp3) is 0.647. The predicted octanol–water partition coefficient (Wildman–Crippen LogP) is 5.86. The number of halogens is 2. The first-order chi connectivity index (χ1) is 9.49. The van der Waals surface area contributed by atoms with Gasteiger partial charge in [-0.05, 0) is 55.4 Å². The first-order valence-electron chi connectivity index (χ1n) is 7.70. The van der Waals surface area contributed by atoms with E-state index in [-0.39, 0.29) is 6.04 Å². The van der Waals surface area contributed by atoms with E-state index in [1.807, 2.05) is 18.2 Å². The van der Waals surface area contributed by atoms with Crippen LogP contribution in [0.15, 0.2) is 18.2 Å². The van der Waals surface area contributed by atoms with Gasteiger partial charge >= 0.3 is 0 Å². The van der Waals surface area contributed by atoms with Crippen LogP contribution in [0.5, 0.6) is 0 Å². The van der Waals surface area contributed by atoms with E-state index < -0.39 is 0 Å². The molecule has 0 amide bonds. The number of nitrogens with one attached hydrogen (secondary N) is 1. The van der Waals surface area contributed by atoms with Gasteiger partial charge in [0.25, 0.3) is 0 Å². The number of rotatable bonds is 4. The second kappa shape index (κ2) is 7.15. The van der Waals surface area contributed by atoms with Gasteiger partial charge in [-0.3, -0.25) is 0 Å². The van der Waals surface area contributed by atoms with Gasteiger partial charge in [0.2, 0.25) is 0 Å². The predicted molar refractivity (Wildman–Crippen MR) is 88.6 cm³/mol. The number of hydrogen-bond acceptors (Lipinski definition) is 1. The van der Waals surface area contributed by atoms with Gasteiger partial charge in [0.05, 0.1) is 0 Å². The van der Waals surface area contributed by atoms with Gasteiger partial charge < -0.3 is 5.32 Å². The molecule has 0 aliphatic heterocycles. The minimum absolute atomic E-state index is 0.241. The van der Waals surface area contributed by atoms with Crippen LogP contribution in [0.1, 0.15) is 58.1 Å². The Hall–Kier alpha value is -0.240.